The fourth-order valence-electron chi connectivity index (χ4n) is 2.62. The lowest BCUT2D eigenvalue weighted by Crippen LogP contribution is -2.20. The maximum atomic E-state index is 12.1. The number of oxime groups is 2. The molecule has 0 unspecified atom stereocenters. The largest absolute Gasteiger partial charge is 0.464 e. The molecule has 0 N–H and O–H groups in total. The van der Waals surface area contributed by atoms with Gasteiger partial charge in [0.2, 0.25) is 0 Å². The fraction of sp³-hybridized carbons (Fsp3) is 0.286. The third-order valence-electron chi connectivity index (χ3n) is 4.07. The van der Waals surface area contributed by atoms with Crippen molar-refractivity contribution in [3.63, 3.8) is 0 Å². The van der Waals surface area contributed by atoms with E-state index in [9.17, 15) is 4.79 Å². The molecule has 154 valence electrons. The molecular weight excluding hydrogens is 396 g/mol. The highest BCUT2D eigenvalue weighted by molar-refractivity contribution is 6.43. The Bertz CT molecular complexity index is 894. The molecule has 0 saturated heterocycles. The molecule has 0 spiro atoms. The first-order chi connectivity index (χ1) is 14.0. The molecular formula is C21H23ClN2O5. The van der Waals surface area contributed by atoms with Gasteiger partial charge in [-0.05, 0) is 24.6 Å². The van der Waals surface area contributed by atoms with Crippen molar-refractivity contribution in [2.75, 3.05) is 27.9 Å². The molecule has 2 rings (SSSR count). The molecule has 7 nitrogen and oxygen atoms in total. The van der Waals surface area contributed by atoms with Crippen LogP contribution < -0.4 is 0 Å². The van der Waals surface area contributed by atoms with E-state index in [-0.39, 0.29) is 18.9 Å². The van der Waals surface area contributed by atoms with E-state index in [1.54, 1.807) is 25.3 Å². The minimum Gasteiger partial charge on any atom is -0.464 e. The van der Waals surface area contributed by atoms with Gasteiger partial charge in [-0.3, -0.25) is 0 Å². The average molecular weight is 419 g/mol. The topological polar surface area (TPSA) is 78.7 Å². The summed E-state index contributed by atoms with van der Waals surface area (Å²) in [5, 5.41) is 8.66. The highest BCUT2D eigenvalue weighted by atomic mass is 35.5. The summed E-state index contributed by atoms with van der Waals surface area (Å²) in [5.41, 5.74) is 3.69. The van der Waals surface area contributed by atoms with Gasteiger partial charge in [0.05, 0.1) is 13.7 Å². The van der Waals surface area contributed by atoms with E-state index in [1.807, 2.05) is 31.2 Å². The van der Waals surface area contributed by atoms with Gasteiger partial charge < -0.3 is 19.1 Å². The smallest absolute Gasteiger partial charge is 0.360 e. The molecule has 0 aliphatic carbocycles. The Kier molecular flexibility index (Phi) is 8.64. The molecule has 0 amide bonds. The van der Waals surface area contributed by atoms with E-state index in [2.05, 4.69) is 10.3 Å². The predicted molar refractivity (Wildman–Crippen MR) is 111 cm³/mol. The van der Waals surface area contributed by atoms with Crippen LogP contribution in [0.15, 0.2) is 52.8 Å². The van der Waals surface area contributed by atoms with Crippen LogP contribution in [0.3, 0.4) is 0 Å². The van der Waals surface area contributed by atoms with Gasteiger partial charge in [-0.1, -0.05) is 52.2 Å². The Morgan fingerprint density at radius 1 is 1.03 bits per heavy atom. The first-order valence-electron chi connectivity index (χ1n) is 8.73. The summed E-state index contributed by atoms with van der Waals surface area (Å²) in [7, 11) is 4.23. The number of rotatable bonds is 9. The van der Waals surface area contributed by atoms with Crippen LogP contribution in [0, 0.1) is 6.92 Å². The lowest BCUT2D eigenvalue weighted by molar-refractivity contribution is -0.132. The molecule has 2 aromatic carbocycles. The van der Waals surface area contributed by atoms with Crippen molar-refractivity contribution in [2.45, 2.75) is 13.5 Å². The lowest BCUT2D eigenvalue weighted by atomic mass is 9.99. The lowest BCUT2D eigenvalue weighted by Gasteiger charge is -2.13. The number of carbonyl (C=O) groups excluding carboxylic acids is 1. The highest BCUT2D eigenvalue weighted by Crippen LogP contribution is 2.18. The van der Waals surface area contributed by atoms with Crippen LogP contribution in [0.5, 0.6) is 0 Å². The number of benzene rings is 2. The third-order valence-corrected chi connectivity index (χ3v) is 4.32. The Morgan fingerprint density at radius 2 is 1.76 bits per heavy atom. The predicted octanol–water partition coefficient (Wildman–Crippen LogP) is 3.74. The van der Waals surface area contributed by atoms with E-state index in [4.69, 9.17) is 30.7 Å². The molecule has 0 saturated carbocycles. The first kappa shape index (κ1) is 22.4. The second kappa shape index (κ2) is 11.2. The van der Waals surface area contributed by atoms with Crippen LogP contribution in [0.4, 0.5) is 0 Å². The van der Waals surface area contributed by atoms with E-state index in [0.29, 0.717) is 16.3 Å². The SMILES string of the molecule is COC/C(=N\OCc1c(C)cccc1/C(=N\OC)C(=O)OC)c1ccc(Cl)cc1. The number of methoxy groups -OCH3 is 2. The number of nitrogens with zero attached hydrogens (tertiary/aromatic N) is 2. The molecule has 0 aliphatic heterocycles. The molecule has 2 aromatic rings. The van der Waals surface area contributed by atoms with Crippen molar-refractivity contribution in [2.24, 2.45) is 10.3 Å². The quantitative estimate of drug-likeness (QED) is 0.352. The monoisotopic (exact) mass is 418 g/mol. The summed E-state index contributed by atoms with van der Waals surface area (Å²) in [4.78, 5) is 22.5. The average Bonchev–Trinajstić information content (AvgIpc) is 2.72. The van der Waals surface area contributed by atoms with Crippen molar-refractivity contribution in [3.8, 4) is 0 Å². The molecule has 29 heavy (non-hydrogen) atoms. The van der Waals surface area contributed by atoms with Gasteiger partial charge in [0, 0.05) is 28.8 Å². The molecule has 0 aliphatic rings. The van der Waals surface area contributed by atoms with Crippen molar-refractivity contribution in [3.05, 3.63) is 69.7 Å². The van der Waals surface area contributed by atoms with Gasteiger partial charge in [-0.2, -0.15) is 0 Å². The molecule has 0 aromatic heterocycles. The Hall–Kier alpha value is -2.90. The van der Waals surface area contributed by atoms with Crippen LogP contribution in [0.2, 0.25) is 5.02 Å². The van der Waals surface area contributed by atoms with Crippen LogP contribution in [0.25, 0.3) is 0 Å². The van der Waals surface area contributed by atoms with E-state index < -0.39 is 5.97 Å². The molecule has 0 radical (unpaired) electrons. The van der Waals surface area contributed by atoms with Crippen LogP contribution >= 0.6 is 11.6 Å². The van der Waals surface area contributed by atoms with E-state index >= 15 is 0 Å². The minimum atomic E-state index is -0.608. The summed E-state index contributed by atoms with van der Waals surface area (Å²) in [6.45, 7) is 2.28. The second-order valence-electron chi connectivity index (χ2n) is 5.97. The zero-order chi connectivity index (χ0) is 21.2. The third kappa shape index (κ3) is 6.04. The maximum Gasteiger partial charge on any atom is 0.360 e. The van der Waals surface area contributed by atoms with Crippen LogP contribution in [-0.4, -0.2) is 45.3 Å². The Labute approximate surface area is 174 Å². The summed E-state index contributed by atoms with van der Waals surface area (Å²) in [6, 6.07) is 12.7. The number of hydrogen-bond donors (Lipinski definition) is 0. The second-order valence-corrected chi connectivity index (χ2v) is 6.40. The fourth-order valence-corrected chi connectivity index (χ4v) is 2.74. The van der Waals surface area contributed by atoms with Crippen molar-refractivity contribution >= 4 is 29.0 Å². The number of carbonyl (C=O) groups is 1. The number of aryl methyl sites for hydroxylation is 1. The van der Waals surface area contributed by atoms with Gasteiger partial charge >= 0.3 is 5.97 Å². The normalized spacial score (nSPS) is 11.9. The van der Waals surface area contributed by atoms with E-state index in [1.165, 1.54) is 14.2 Å². The summed E-state index contributed by atoms with van der Waals surface area (Å²) >= 11 is 5.94. The number of ether oxygens (including phenoxy) is 2. The van der Waals surface area contributed by atoms with Crippen LogP contribution in [-0.2, 0) is 30.6 Å². The van der Waals surface area contributed by atoms with Gasteiger partial charge in [0.15, 0.2) is 5.71 Å². The summed E-state index contributed by atoms with van der Waals surface area (Å²) < 4.78 is 10.0. The van der Waals surface area contributed by atoms with E-state index in [0.717, 1.165) is 16.7 Å². The Morgan fingerprint density at radius 3 is 2.38 bits per heavy atom. The zero-order valence-corrected chi connectivity index (χ0v) is 17.5. The zero-order valence-electron chi connectivity index (χ0n) is 16.8. The van der Waals surface area contributed by atoms with Gasteiger partial charge in [0.25, 0.3) is 0 Å². The molecule has 8 heteroatoms. The summed E-state index contributed by atoms with van der Waals surface area (Å²) in [6.07, 6.45) is 0. The molecule has 0 bridgehead atoms. The van der Waals surface area contributed by atoms with Crippen molar-refractivity contribution < 1.29 is 23.9 Å². The maximum absolute atomic E-state index is 12.1. The highest BCUT2D eigenvalue weighted by Gasteiger charge is 2.20. The number of halogens is 1. The van der Waals surface area contributed by atoms with Crippen LogP contribution in [0.1, 0.15) is 22.3 Å². The molecule has 0 heterocycles. The van der Waals surface area contributed by atoms with Crippen molar-refractivity contribution in [1.82, 2.24) is 0 Å². The van der Waals surface area contributed by atoms with Gasteiger partial charge in [0.1, 0.15) is 19.4 Å². The Balaban J connectivity index is 2.31. The molecule has 0 atom stereocenters. The molecule has 0 fully saturated rings. The first-order valence-corrected chi connectivity index (χ1v) is 9.11. The standard InChI is InChI=1S/C21H23ClN2O5/c1-14-6-5-7-17(20(24-28-4)21(25)27-3)18(14)12-29-23-19(13-26-2)15-8-10-16(22)11-9-15/h5-11H,12-13H2,1-4H3/b23-19+,24-20+. The van der Waals surface area contributed by atoms with Crippen molar-refractivity contribution in [1.29, 1.82) is 0 Å². The number of esters is 1. The summed E-state index contributed by atoms with van der Waals surface area (Å²) in [5.74, 6) is -0.608. The van der Waals surface area contributed by atoms with Gasteiger partial charge in [-0.25, -0.2) is 4.79 Å². The van der Waals surface area contributed by atoms with Gasteiger partial charge in [-0.15, -0.1) is 0 Å². The minimum absolute atomic E-state index is 0.0519. The number of hydrogen-bond acceptors (Lipinski definition) is 7.